The number of aliphatic imine (C=N–C) groups is 1. The van der Waals surface area contributed by atoms with E-state index in [1.165, 1.54) is 0 Å². The van der Waals surface area contributed by atoms with Gasteiger partial charge in [0.15, 0.2) is 5.17 Å². The van der Waals surface area contributed by atoms with Gasteiger partial charge in [-0.05, 0) is 36.4 Å². The van der Waals surface area contributed by atoms with Gasteiger partial charge in [0.05, 0.1) is 17.3 Å². The van der Waals surface area contributed by atoms with Crippen molar-refractivity contribution in [1.82, 2.24) is 4.90 Å². The summed E-state index contributed by atoms with van der Waals surface area (Å²) >= 11 is 3.20. The Morgan fingerprint density at radius 3 is 2.63 bits per heavy atom. The summed E-state index contributed by atoms with van der Waals surface area (Å²) in [5.74, 6) is 0.238. The molecule has 2 aliphatic rings. The third kappa shape index (κ3) is 4.18. The summed E-state index contributed by atoms with van der Waals surface area (Å²) in [4.78, 5) is 33.4. The Hall–Kier alpha value is -2.51. The van der Waals surface area contributed by atoms with Gasteiger partial charge in [0, 0.05) is 17.1 Å². The Morgan fingerprint density at radius 1 is 1.20 bits per heavy atom. The maximum absolute atomic E-state index is 13.2. The fourth-order valence-electron chi connectivity index (χ4n) is 3.56. The van der Waals surface area contributed by atoms with Gasteiger partial charge in [0.1, 0.15) is 6.61 Å². The molecule has 154 valence electrons. The van der Waals surface area contributed by atoms with E-state index in [9.17, 15) is 9.59 Å². The number of nitrogens with zero attached hydrogens (tertiary/aromatic N) is 2. The number of rotatable bonds is 5. The first-order chi connectivity index (χ1) is 14.6. The molecule has 2 aromatic carbocycles. The van der Waals surface area contributed by atoms with E-state index < -0.39 is 12.0 Å². The summed E-state index contributed by atoms with van der Waals surface area (Å²) in [6.45, 7) is 1.99. The van der Waals surface area contributed by atoms with Crippen LogP contribution >= 0.6 is 23.5 Å². The van der Waals surface area contributed by atoms with Crippen molar-refractivity contribution in [2.45, 2.75) is 30.9 Å². The summed E-state index contributed by atoms with van der Waals surface area (Å²) in [5.41, 5.74) is 2.81. The van der Waals surface area contributed by atoms with Crippen LogP contribution in [-0.2, 0) is 20.9 Å². The number of benzene rings is 2. The molecule has 0 saturated carbocycles. The van der Waals surface area contributed by atoms with Crippen molar-refractivity contribution in [3.63, 3.8) is 0 Å². The first-order valence-corrected chi connectivity index (χ1v) is 11.9. The fourth-order valence-corrected chi connectivity index (χ4v) is 4.97. The van der Waals surface area contributed by atoms with Crippen LogP contribution in [0.15, 0.2) is 75.8 Å². The summed E-state index contributed by atoms with van der Waals surface area (Å²) in [7, 11) is 0. The molecule has 1 atom stereocenters. The number of amides is 1. The van der Waals surface area contributed by atoms with E-state index >= 15 is 0 Å². The molecule has 0 radical (unpaired) electrons. The summed E-state index contributed by atoms with van der Waals surface area (Å²) in [6.07, 6.45) is 2.44. The Kier molecular flexibility index (Phi) is 6.29. The summed E-state index contributed by atoms with van der Waals surface area (Å²) < 4.78 is 5.63. The molecule has 0 unspecified atom stereocenters. The molecular formula is C23H22N2O3S2. The molecule has 0 aliphatic carbocycles. The fraction of sp³-hybridized carbons (Fsp3) is 0.261. The van der Waals surface area contributed by atoms with Crippen molar-refractivity contribution in [2.75, 3.05) is 12.0 Å². The van der Waals surface area contributed by atoms with Gasteiger partial charge in [-0.25, -0.2) is 9.79 Å². The molecule has 2 aromatic rings. The number of hydrogen-bond donors (Lipinski definition) is 0. The van der Waals surface area contributed by atoms with Crippen molar-refractivity contribution in [3.8, 4) is 0 Å². The topological polar surface area (TPSA) is 59.0 Å². The third-order valence-electron chi connectivity index (χ3n) is 5.07. The van der Waals surface area contributed by atoms with Crippen LogP contribution in [0.1, 0.15) is 30.5 Å². The zero-order valence-electron chi connectivity index (χ0n) is 16.8. The molecule has 30 heavy (non-hydrogen) atoms. The van der Waals surface area contributed by atoms with E-state index in [1.807, 2.05) is 67.8 Å². The van der Waals surface area contributed by atoms with Crippen molar-refractivity contribution in [3.05, 3.63) is 77.0 Å². The second-order valence-corrected chi connectivity index (χ2v) is 8.93. The SMILES string of the molecule is CSc1ccc([C@H]2C(C(=O)OCc3ccccc3)=C(C)N=C3SCCC(=O)N32)cc1. The van der Waals surface area contributed by atoms with E-state index in [1.54, 1.807) is 28.4 Å². The number of carbonyl (C=O) groups is 2. The second-order valence-electron chi connectivity index (χ2n) is 6.99. The van der Waals surface area contributed by atoms with Gasteiger partial charge in [0.2, 0.25) is 5.91 Å². The Morgan fingerprint density at radius 2 is 1.93 bits per heavy atom. The van der Waals surface area contributed by atoms with Crippen LogP contribution < -0.4 is 0 Å². The average Bonchev–Trinajstić information content (AvgIpc) is 2.77. The van der Waals surface area contributed by atoms with Gasteiger partial charge in [-0.3, -0.25) is 9.69 Å². The molecule has 2 aliphatic heterocycles. The predicted molar refractivity (Wildman–Crippen MR) is 121 cm³/mol. The zero-order chi connectivity index (χ0) is 21.1. The highest BCUT2D eigenvalue weighted by Gasteiger charge is 2.41. The number of hydrogen-bond acceptors (Lipinski definition) is 6. The van der Waals surface area contributed by atoms with Gasteiger partial charge in [-0.2, -0.15) is 0 Å². The Labute approximate surface area is 184 Å². The predicted octanol–water partition coefficient (Wildman–Crippen LogP) is 4.80. The smallest absolute Gasteiger partial charge is 0.338 e. The van der Waals surface area contributed by atoms with Crippen LogP contribution in [0.4, 0.5) is 0 Å². The molecule has 1 fully saturated rings. The van der Waals surface area contributed by atoms with Gasteiger partial charge in [0.25, 0.3) is 0 Å². The van der Waals surface area contributed by atoms with Crippen molar-refractivity contribution in [1.29, 1.82) is 0 Å². The number of thioether (sulfide) groups is 2. The Balaban J connectivity index is 1.70. The first-order valence-electron chi connectivity index (χ1n) is 9.68. The van der Waals surface area contributed by atoms with Crippen molar-refractivity contribution in [2.24, 2.45) is 4.99 Å². The number of ether oxygens (including phenoxy) is 1. The van der Waals surface area contributed by atoms with E-state index in [-0.39, 0.29) is 12.5 Å². The van der Waals surface area contributed by atoms with Gasteiger partial charge in [-0.15, -0.1) is 11.8 Å². The zero-order valence-corrected chi connectivity index (χ0v) is 18.5. The minimum Gasteiger partial charge on any atom is -0.457 e. The van der Waals surface area contributed by atoms with Crippen molar-refractivity contribution < 1.29 is 14.3 Å². The largest absolute Gasteiger partial charge is 0.457 e. The molecule has 7 heteroatoms. The quantitative estimate of drug-likeness (QED) is 0.496. The standard InChI is InChI=1S/C23H22N2O3S2/c1-15-20(22(27)28-14-16-6-4-3-5-7-16)21(17-8-10-18(29-2)11-9-17)25-19(26)12-13-30-23(25)24-15/h3-11,21H,12-14H2,1-2H3/t21-/m0/s1. The van der Waals surface area contributed by atoms with Crippen LogP contribution in [-0.4, -0.2) is 34.0 Å². The highest BCUT2D eigenvalue weighted by atomic mass is 32.2. The number of amidine groups is 1. The molecule has 1 amide bonds. The molecule has 1 saturated heterocycles. The lowest BCUT2D eigenvalue weighted by molar-refractivity contribution is -0.141. The number of esters is 1. The lowest BCUT2D eigenvalue weighted by atomic mass is 9.94. The third-order valence-corrected chi connectivity index (χ3v) is 6.77. The number of carbonyl (C=O) groups excluding carboxylic acids is 2. The number of allylic oxidation sites excluding steroid dienone is 1. The highest BCUT2D eigenvalue weighted by Crippen LogP contribution is 2.40. The molecule has 2 heterocycles. The van der Waals surface area contributed by atoms with Gasteiger partial charge in [-0.1, -0.05) is 54.2 Å². The average molecular weight is 439 g/mol. The van der Waals surface area contributed by atoms with Gasteiger partial charge >= 0.3 is 5.97 Å². The molecule has 4 rings (SSSR count). The molecule has 0 bridgehead atoms. The first kappa shape index (κ1) is 20.8. The van der Waals surface area contributed by atoms with E-state index in [0.717, 1.165) is 16.0 Å². The van der Waals surface area contributed by atoms with Crippen LogP contribution in [0.2, 0.25) is 0 Å². The Bertz CT molecular complexity index is 1020. The van der Waals surface area contributed by atoms with Crippen LogP contribution in [0, 0.1) is 0 Å². The van der Waals surface area contributed by atoms with Crippen LogP contribution in [0.5, 0.6) is 0 Å². The molecule has 5 nitrogen and oxygen atoms in total. The minimum absolute atomic E-state index is 0.0210. The van der Waals surface area contributed by atoms with E-state index in [4.69, 9.17) is 4.74 Å². The maximum atomic E-state index is 13.2. The van der Waals surface area contributed by atoms with E-state index in [2.05, 4.69) is 4.99 Å². The number of fused-ring (bicyclic) bond motifs is 1. The minimum atomic E-state index is -0.531. The summed E-state index contributed by atoms with van der Waals surface area (Å²) in [5, 5.41) is 0.655. The lowest BCUT2D eigenvalue weighted by Gasteiger charge is -2.39. The molecule has 0 N–H and O–H groups in total. The lowest BCUT2D eigenvalue weighted by Crippen LogP contribution is -2.45. The van der Waals surface area contributed by atoms with Gasteiger partial charge < -0.3 is 4.74 Å². The molecule has 0 aromatic heterocycles. The van der Waals surface area contributed by atoms with E-state index in [0.29, 0.717) is 28.6 Å². The molecule has 0 spiro atoms. The van der Waals surface area contributed by atoms with Crippen LogP contribution in [0.25, 0.3) is 0 Å². The van der Waals surface area contributed by atoms with Crippen molar-refractivity contribution >= 4 is 40.6 Å². The summed E-state index contributed by atoms with van der Waals surface area (Å²) in [6, 6.07) is 17.0. The molecular weight excluding hydrogens is 416 g/mol. The highest BCUT2D eigenvalue weighted by molar-refractivity contribution is 8.14. The second kappa shape index (κ2) is 9.10. The van der Waals surface area contributed by atoms with Crippen LogP contribution in [0.3, 0.4) is 0 Å². The maximum Gasteiger partial charge on any atom is 0.338 e. The monoisotopic (exact) mass is 438 g/mol. The normalized spacial score (nSPS) is 18.7.